The molecule has 0 amide bonds. The van der Waals surface area contributed by atoms with Gasteiger partial charge in [-0.15, -0.1) is 0 Å². The van der Waals surface area contributed by atoms with Crippen molar-refractivity contribution in [2.24, 2.45) is 7.05 Å². The van der Waals surface area contributed by atoms with Crippen LogP contribution >= 0.6 is 0 Å². The Hall–Kier alpha value is -3.50. The summed E-state index contributed by atoms with van der Waals surface area (Å²) >= 11 is 0. The van der Waals surface area contributed by atoms with E-state index < -0.39 is 5.97 Å². The molecular weight excluding hydrogens is 436 g/mol. The first-order valence-electron chi connectivity index (χ1n) is 11.4. The smallest absolute Gasteiger partial charge is 0.338 e. The second-order valence-corrected chi connectivity index (χ2v) is 8.46. The van der Waals surface area contributed by atoms with E-state index in [-0.39, 0.29) is 12.1 Å². The van der Waals surface area contributed by atoms with Crippen molar-refractivity contribution in [1.29, 1.82) is 0 Å². The Balaban J connectivity index is 1.63. The molecule has 4 heterocycles. The van der Waals surface area contributed by atoms with Crippen LogP contribution in [0.15, 0.2) is 24.4 Å². The Morgan fingerprint density at radius 1 is 1.32 bits per heavy atom. The van der Waals surface area contributed by atoms with Gasteiger partial charge in [0.05, 0.1) is 43.1 Å². The zero-order chi connectivity index (χ0) is 23.8. The highest BCUT2D eigenvalue weighted by atomic mass is 16.5. The zero-order valence-corrected chi connectivity index (χ0v) is 19.7. The van der Waals surface area contributed by atoms with Gasteiger partial charge in [0, 0.05) is 30.6 Å². The average molecular weight is 465 g/mol. The van der Waals surface area contributed by atoms with Gasteiger partial charge in [-0.3, -0.25) is 4.68 Å². The summed E-state index contributed by atoms with van der Waals surface area (Å²) in [7, 11) is 3.23. The van der Waals surface area contributed by atoms with Crippen molar-refractivity contribution < 1.29 is 19.0 Å². The highest BCUT2D eigenvalue weighted by Crippen LogP contribution is 2.34. The Labute approximate surface area is 196 Å². The van der Waals surface area contributed by atoms with Crippen molar-refractivity contribution in [1.82, 2.24) is 30.0 Å². The number of aryl methyl sites for hydroxylation is 2. The van der Waals surface area contributed by atoms with Gasteiger partial charge >= 0.3 is 5.97 Å². The van der Waals surface area contributed by atoms with Crippen LogP contribution in [-0.4, -0.2) is 69.7 Å². The summed E-state index contributed by atoms with van der Waals surface area (Å²) in [5.74, 6) is 0.692. The molecule has 4 aromatic rings. The van der Waals surface area contributed by atoms with E-state index in [1.807, 2.05) is 20.0 Å². The molecule has 10 nitrogen and oxygen atoms in total. The second kappa shape index (κ2) is 9.03. The molecule has 0 bridgehead atoms. The largest absolute Gasteiger partial charge is 0.486 e. The molecule has 0 spiro atoms. The number of H-pyrrole nitrogens is 1. The normalized spacial score (nSPS) is 17.2. The van der Waals surface area contributed by atoms with Gasteiger partial charge in [0.1, 0.15) is 23.2 Å². The number of ether oxygens (including phenoxy) is 3. The Morgan fingerprint density at radius 2 is 2.18 bits per heavy atom. The lowest BCUT2D eigenvalue weighted by Crippen LogP contribution is -2.50. The Kier molecular flexibility index (Phi) is 5.93. The van der Waals surface area contributed by atoms with Gasteiger partial charge in [-0.2, -0.15) is 5.10 Å². The SMILES string of the molecule is CCC(Oc1cc(C(=O)OC)cc2c1[nH]c1nc(-c3cc(C)nn3C)ncc12)C1COCCN1. The molecule has 178 valence electrons. The number of aromatic nitrogens is 5. The molecule has 3 aromatic heterocycles. The van der Waals surface area contributed by atoms with E-state index in [0.29, 0.717) is 36.0 Å². The maximum atomic E-state index is 12.4. The van der Waals surface area contributed by atoms with E-state index in [1.165, 1.54) is 7.11 Å². The van der Waals surface area contributed by atoms with Crippen LogP contribution in [0.5, 0.6) is 5.75 Å². The van der Waals surface area contributed by atoms with Crippen molar-refractivity contribution in [3.8, 4) is 17.3 Å². The maximum Gasteiger partial charge on any atom is 0.338 e. The third-order valence-corrected chi connectivity index (χ3v) is 6.16. The molecule has 1 aromatic carbocycles. The van der Waals surface area contributed by atoms with Crippen LogP contribution in [0.1, 0.15) is 29.4 Å². The lowest BCUT2D eigenvalue weighted by Gasteiger charge is -2.31. The minimum Gasteiger partial charge on any atom is -0.486 e. The highest BCUT2D eigenvalue weighted by molar-refractivity contribution is 6.10. The molecule has 1 fully saturated rings. The van der Waals surface area contributed by atoms with Crippen molar-refractivity contribution in [3.05, 3.63) is 35.7 Å². The molecule has 0 aliphatic carbocycles. The summed E-state index contributed by atoms with van der Waals surface area (Å²) in [6.07, 6.45) is 2.40. The molecule has 1 saturated heterocycles. The predicted octanol–water partition coefficient (Wildman–Crippen LogP) is 2.75. The van der Waals surface area contributed by atoms with E-state index in [0.717, 1.165) is 40.6 Å². The van der Waals surface area contributed by atoms with Crippen LogP contribution in [-0.2, 0) is 16.5 Å². The van der Waals surface area contributed by atoms with E-state index in [4.69, 9.17) is 19.2 Å². The monoisotopic (exact) mass is 464 g/mol. The van der Waals surface area contributed by atoms with Gasteiger partial charge in [-0.1, -0.05) is 6.92 Å². The summed E-state index contributed by atoms with van der Waals surface area (Å²) in [4.78, 5) is 25.2. The first-order valence-corrected chi connectivity index (χ1v) is 11.4. The number of hydrogen-bond acceptors (Lipinski definition) is 8. The molecule has 2 atom stereocenters. The lowest BCUT2D eigenvalue weighted by atomic mass is 10.1. The number of nitrogens with zero attached hydrogens (tertiary/aromatic N) is 4. The van der Waals surface area contributed by atoms with E-state index >= 15 is 0 Å². The Bertz CT molecular complexity index is 1350. The molecule has 0 radical (unpaired) electrons. The quantitative estimate of drug-likeness (QED) is 0.419. The van der Waals surface area contributed by atoms with Crippen LogP contribution in [0, 0.1) is 6.92 Å². The molecule has 2 unspecified atom stereocenters. The summed E-state index contributed by atoms with van der Waals surface area (Å²) in [6, 6.07) is 5.50. The second-order valence-electron chi connectivity index (χ2n) is 8.46. The number of esters is 1. The van der Waals surface area contributed by atoms with Crippen molar-refractivity contribution in [2.75, 3.05) is 26.9 Å². The van der Waals surface area contributed by atoms with Gasteiger partial charge in [0.15, 0.2) is 5.82 Å². The molecular formula is C24H28N6O4. The lowest BCUT2D eigenvalue weighted by molar-refractivity contribution is 0.0270. The number of carbonyl (C=O) groups excluding carboxylic acids is 1. The van der Waals surface area contributed by atoms with Crippen LogP contribution in [0.3, 0.4) is 0 Å². The first-order chi connectivity index (χ1) is 16.5. The van der Waals surface area contributed by atoms with Gasteiger partial charge in [0.2, 0.25) is 0 Å². The molecule has 2 N–H and O–H groups in total. The number of carbonyl (C=O) groups is 1. The summed E-state index contributed by atoms with van der Waals surface area (Å²) in [5.41, 5.74) is 3.52. The minimum absolute atomic E-state index is 0.0550. The number of morpholine rings is 1. The summed E-state index contributed by atoms with van der Waals surface area (Å²) < 4.78 is 18.9. The first kappa shape index (κ1) is 22.3. The topological polar surface area (TPSA) is 116 Å². The number of rotatable bonds is 6. The predicted molar refractivity (Wildman–Crippen MR) is 127 cm³/mol. The van der Waals surface area contributed by atoms with Gasteiger partial charge in [-0.05, 0) is 31.5 Å². The molecule has 1 aliphatic heterocycles. The third-order valence-electron chi connectivity index (χ3n) is 6.16. The maximum absolute atomic E-state index is 12.4. The van der Waals surface area contributed by atoms with Crippen LogP contribution in [0.25, 0.3) is 33.5 Å². The van der Waals surface area contributed by atoms with Gasteiger partial charge in [0.25, 0.3) is 0 Å². The molecule has 1 aliphatic rings. The fourth-order valence-electron chi connectivity index (χ4n) is 4.46. The number of fused-ring (bicyclic) bond motifs is 3. The van der Waals surface area contributed by atoms with Crippen molar-refractivity contribution in [2.45, 2.75) is 32.4 Å². The molecule has 5 rings (SSSR count). The van der Waals surface area contributed by atoms with Crippen LogP contribution in [0.4, 0.5) is 0 Å². The van der Waals surface area contributed by atoms with Crippen LogP contribution < -0.4 is 10.1 Å². The van der Waals surface area contributed by atoms with Crippen LogP contribution in [0.2, 0.25) is 0 Å². The number of hydrogen-bond donors (Lipinski definition) is 2. The van der Waals surface area contributed by atoms with Crippen molar-refractivity contribution >= 4 is 27.9 Å². The average Bonchev–Trinajstić information content (AvgIpc) is 3.40. The Morgan fingerprint density at radius 3 is 2.85 bits per heavy atom. The standard InChI is InChI=1S/C24H28N6O4/c1-5-19(17-12-33-7-6-25-17)34-20-10-14(24(31)32-4)9-15-16-11-26-23(28-22(16)27-21(15)20)18-8-13(2)29-30(18)3/h8-11,17,19,25H,5-7,12H2,1-4H3,(H,26,27,28). The minimum atomic E-state index is -0.434. The molecule has 10 heteroatoms. The number of aromatic amines is 1. The number of methoxy groups -OCH3 is 1. The van der Waals surface area contributed by atoms with Crippen molar-refractivity contribution in [3.63, 3.8) is 0 Å². The highest BCUT2D eigenvalue weighted by Gasteiger charge is 2.26. The fraction of sp³-hybridized carbons (Fsp3) is 0.417. The van der Waals surface area contributed by atoms with Gasteiger partial charge in [-0.25, -0.2) is 14.8 Å². The number of nitrogens with one attached hydrogen (secondary N) is 2. The van der Waals surface area contributed by atoms with Gasteiger partial charge < -0.3 is 24.5 Å². The van der Waals surface area contributed by atoms with E-state index in [1.54, 1.807) is 23.0 Å². The number of benzene rings is 1. The summed E-state index contributed by atoms with van der Waals surface area (Å²) in [6.45, 7) is 6.04. The molecule has 34 heavy (non-hydrogen) atoms. The van der Waals surface area contributed by atoms with E-state index in [2.05, 4.69) is 27.3 Å². The summed E-state index contributed by atoms with van der Waals surface area (Å²) in [5, 5.41) is 9.44. The zero-order valence-electron chi connectivity index (χ0n) is 19.7. The molecule has 0 saturated carbocycles. The fourth-order valence-corrected chi connectivity index (χ4v) is 4.46. The van der Waals surface area contributed by atoms with E-state index in [9.17, 15) is 4.79 Å². The third kappa shape index (κ3) is 3.99.